The van der Waals surface area contributed by atoms with Crippen LogP contribution in [0.25, 0.3) is 0 Å². The first-order chi connectivity index (χ1) is 9.59. The number of phenolic OH excluding ortho intramolecular Hbond substituents is 1. The van der Waals surface area contributed by atoms with Gasteiger partial charge in [0.25, 0.3) is 11.8 Å². The highest BCUT2D eigenvalue weighted by Crippen LogP contribution is 2.14. The van der Waals surface area contributed by atoms with Crippen molar-refractivity contribution in [3.8, 4) is 5.75 Å². The number of rotatable bonds is 2. The van der Waals surface area contributed by atoms with Gasteiger partial charge in [0.05, 0.1) is 5.56 Å². The molecule has 0 radical (unpaired) electrons. The zero-order valence-electron chi connectivity index (χ0n) is 10.2. The minimum atomic E-state index is -0.709. The molecule has 102 valence electrons. The highest BCUT2D eigenvalue weighted by Gasteiger charge is 2.14. The zero-order valence-corrected chi connectivity index (χ0v) is 10.2. The van der Waals surface area contributed by atoms with E-state index in [4.69, 9.17) is 5.73 Å². The summed E-state index contributed by atoms with van der Waals surface area (Å²) in [6.07, 6.45) is 2.64. The van der Waals surface area contributed by atoms with E-state index in [9.17, 15) is 14.7 Å². The maximum atomic E-state index is 11.7. The standard InChI is InChI=1S/C12H11N5O3/c13-10-9(14-5-6-15-10)12(20)17-16-11(19)7-3-1-2-4-8(7)18/h1-6,18H,(H2,13,15)(H,16,19)(H,17,20). The number of nitrogens with one attached hydrogen (secondary N) is 2. The van der Waals surface area contributed by atoms with Crippen LogP contribution in [-0.4, -0.2) is 26.9 Å². The fourth-order valence-electron chi connectivity index (χ4n) is 1.43. The average Bonchev–Trinajstić information content (AvgIpc) is 2.45. The molecule has 2 amide bonds. The Morgan fingerprint density at radius 1 is 1.05 bits per heavy atom. The fraction of sp³-hybridized carbons (Fsp3) is 0. The molecule has 0 atom stereocenters. The van der Waals surface area contributed by atoms with Gasteiger partial charge in [-0.3, -0.25) is 20.4 Å². The van der Waals surface area contributed by atoms with Gasteiger partial charge in [0.2, 0.25) is 0 Å². The lowest BCUT2D eigenvalue weighted by Gasteiger charge is -2.08. The van der Waals surface area contributed by atoms with Crippen molar-refractivity contribution < 1.29 is 14.7 Å². The van der Waals surface area contributed by atoms with Gasteiger partial charge in [-0.05, 0) is 12.1 Å². The van der Waals surface area contributed by atoms with Crippen LogP contribution in [0.5, 0.6) is 5.75 Å². The van der Waals surface area contributed by atoms with Crippen LogP contribution in [0, 0.1) is 0 Å². The zero-order chi connectivity index (χ0) is 14.5. The lowest BCUT2D eigenvalue weighted by Crippen LogP contribution is -2.42. The van der Waals surface area contributed by atoms with Gasteiger partial charge in [-0.15, -0.1) is 0 Å². The van der Waals surface area contributed by atoms with E-state index in [0.717, 1.165) is 0 Å². The number of anilines is 1. The number of hydrazine groups is 1. The molecular formula is C12H11N5O3. The van der Waals surface area contributed by atoms with Crippen molar-refractivity contribution in [3.05, 3.63) is 47.9 Å². The lowest BCUT2D eigenvalue weighted by atomic mass is 10.2. The minimum Gasteiger partial charge on any atom is -0.507 e. The molecule has 8 nitrogen and oxygen atoms in total. The number of aromatic hydroxyl groups is 1. The second kappa shape index (κ2) is 5.65. The summed E-state index contributed by atoms with van der Waals surface area (Å²) in [6.45, 7) is 0. The molecular weight excluding hydrogens is 262 g/mol. The van der Waals surface area contributed by atoms with Crippen molar-refractivity contribution in [2.45, 2.75) is 0 Å². The van der Waals surface area contributed by atoms with Crippen LogP contribution in [0.3, 0.4) is 0 Å². The summed E-state index contributed by atoms with van der Waals surface area (Å²) in [6, 6.07) is 5.92. The summed E-state index contributed by atoms with van der Waals surface area (Å²) in [5.41, 5.74) is 9.67. The van der Waals surface area contributed by atoms with Crippen LogP contribution in [0.2, 0.25) is 0 Å². The minimum absolute atomic E-state index is 0.0277. The van der Waals surface area contributed by atoms with Crippen LogP contribution in [-0.2, 0) is 0 Å². The lowest BCUT2D eigenvalue weighted by molar-refractivity contribution is 0.0842. The summed E-state index contributed by atoms with van der Waals surface area (Å²) in [5, 5.41) is 9.49. The first-order valence-electron chi connectivity index (χ1n) is 5.54. The van der Waals surface area contributed by atoms with Crippen molar-refractivity contribution in [3.63, 3.8) is 0 Å². The van der Waals surface area contributed by atoms with Gasteiger partial charge >= 0.3 is 0 Å². The van der Waals surface area contributed by atoms with E-state index in [1.54, 1.807) is 12.1 Å². The van der Waals surface area contributed by atoms with Gasteiger partial charge in [0.1, 0.15) is 5.75 Å². The van der Waals surface area contributed by atoms with Crippen LogP contribution >= 0.6 is 0 Å². The molecule has 0 aliphatic carbocycles. The number of aromatic nitrogens is 2. The normalized spacial score (nSPS) is 9.80. The second-order valence-corrected chi connectivity index (χ2v) is 3.72. The van der Waals surface area contributed by atoms with Crippen LogP contribution in [0.1, 0.15) is 20.8 Å². The maximum absolute atomic E-state index is 11.7. The molecule has 8 heteroatoms. The van der Waals surface area contributed by atoms with Crippen LogP contribution in [0.15, 0.2) is 36.7 Å². The predicted octanol–water partition coefficient (Wildman–Crippen LogP) is -0.161. The molecule has 5 N–H and O–H groups in total. The number of nitrogen functional groups attached to an aromatic ring is 1. The van der Waals surface area contributed by atoms with E-state index < -0.39 is 11.8 Å². The van der Waals surface area contributed by atoms with E-state index in [1.807, 2.05) is 0 Å². The molecule has 1 aromatic carbocycles. The summed E-state index contributed by atoms with van der Waals surface area (Å²) < 4.78 is 0. The number of amides is 2. The Labute approximate surface area is 113 Å². The molecule has 1 aromatic heterocycles. The number of hydrogen-bond acceptors (Lipinski definition) is 6. The van der Waals surface area contributed by atoms with Crippen molar-refractivity contribution >= 4 is 17.6 Å². The maximum Gasteiger partial charge on any atom is 0.292 e. The summed E-state index contributed by atoms with van der Waals surface area (Å²) in [5.74, 6) is -1.63. The van der Waals surface area contributed by atoms with Gasteiger partial charge in [-0.2, -0.15) is 0 Å². The third kappa shape index (κ3) is 2.80. The topological polar surface area (TPSA) is 130 Å². The Morgan fingerprint density at radius 2 is 1.70 bits per heavy atom. The number of carbonyl (C=O) groups excluding carboxylic acids is 2. The molecule has 0 bridgehead atoms. The molecule has 0 fully saturated rings. The summed E-state index contributed by atoms with van der Waals surface area (Å²) in [4.78, 5) is 30.9. The largest absolute Gasteiger partial charge is 0.507 e. The van der Waals surface area contributed by atoms with Crippen molar-refractivity contribution in [2.75, 3.05) is 5.73 Å². The first-order valence-corrected chi connectivity index (χ1v) is 5.54. The van der Waals surface area contributed by atoms with Crippen molar-refractivity contribution in [1.29, 1.82) is 0 Å². The number of carbonyl (C=O) groups is 2. The van der Waals surface area contributed by atoms with E-state index in [1.165, 1.54) is 24.5 Å². The predicted molar refractivity (Wildman–Crippen MR) is 69.5 cm³/mol. The highest BCUT2D eigenvalue weighted by molar-refractivity contribution is 6.01. The molecule has 0 saturated heterocycles. The molecule has 20 heavy (non-hydrogen) atoms. The molecule has 2 aromatic rings. The molecule has 0 unspecified atom stereocenters. The molecule has 2 rings (SSSR count). The number of para-hydroxylation sites is 1. The molecule has 0 saturated carbocycles. The summed E-state index contributed by atoms with van der Waals surface area (Å²) >= 11 is 0. The Bertz CT molecular complexity index is 602. The number of hydrogen-bond donors (Lipinski definition) is 4. The SMILES string of the molecule is Nc1nccnc1C(=O)NNC(=O)c1ccccc1O. The van der Waals surface area contributed by atoms with Gasteiger partial charge in [-0.1, -0.05) is 12.1 Å². The van der Waals surface area contributed by atoms with Crippen molar-refractivity contribution in [1.82, 2.24) is 20.8 Å². The summed E-state index contributed by atoms with van der Waals surface area (Å²) in [7, 11) is 0. The van der Waals surface area contributed by atoms with Crippen LogP contribution < -0.4 is 16.6 Å². The first kappa shape index (κ1) is 13.3. The van der Waals surface area contributed by atoms with E-state index in [2.05, 4.69) is 20.8 Å². The quantitative estimate of drug-likeness (QED) is 0.562. The molecule has 0 spiro atoms. The monoisotopic (exact) mass is 273 g/mol. The Hall–Kier alpha value is -3.16. The Kier molecular flexibility index (Phi) is 3.75. The Balaban J connectivity index is 2.03. The highest BCUT2D eigenvalue weighted by atomic mass is 16.3. The smallest absolute Gasteiger partial charge is 0.292 e. The van der Waals surface area contributed by atoms with Gasteiger partial charge in [0, 0.05) is 12.4 Å². The third-order valence-electron chi connectivity index (χ3n) is 2.38. The average molecular weight is 273 g/mol. The third-order valence-corrected chi connectivity index (χ3v) is 2.38. The van der Waals surface area contributed by atoms with E-state index >= 15 is 0 Å². The van der Waals surface area contributed by atoms with Crippen molar-refractivity contribution in [2.24, 2.45) is 0 Å². The van der Waals surface area contributed by atoms with E-state index in [-0.39, 0.29) is 22.8 Å². The fourth-order valence-corrected chi connectivity index (χ4v) is 1.43. The van der Waals surface area contributed by atoms with Gasteiger partial charge in [-0.25, -0.2) is 9.97 Å². The number of phenols is 1. The van der Waals surface area contributed by atoms with Gasteiger partial charge in [0.15, 0.2) is 11.5 Å². The molecule has 0 aliphatic rings. The number of nitrogens with two attached hydrogens (primary N) is 1. The van der Waals surface area contributed by atoms with Gasteiger partial charge < -0.3 is 10.8 Å². The van der Waals surface area contributed by atoms with Crippen LogP contribution in [0.4, 0.5) is 5.82 Å². The number of benzene rings is 1. The Morgan fingerprint density at radius 3 is 2.40 bits per heavy atom. The molecule has 0 aliphatic heterocycles. The second-order valence-electron chi connectivity index (χ2n) is 3.72. The van der Waals surface area contributed by atoms with E-state index in [0.29, 0.717) is 0 Å². The number of nitrogens with zero attached hydrogens (tertiary/aromatic N) is 2. The molecule has 1 heterocycles.